The third-order valence-electron chi connectivity index (χ3n) is 5.29. The molecule has 2 aromatic carbocycles. The molecule has 30 heavy (non-hydrogen) atoms. The average Bonchev–Trinajstić information content (AvgIpc) is 3.32. The quantitative estimate of drug-likeness (QED) is 0.677. The number of fused-ring (bicyclic) bond motifs is 1. The summed E-state index contributed by atoms with van der Waals surface area (Å²) in [5.74, 6) is 1.17. The van der Waals surface area contributed by atoms with Crippen molar-refractivity contribution in [2.45, 2.75) is 25.5 Å². The van der Waals surface area contributed by atoms with Crippen molar-refractivity contribution in [3.63, 3.8) is 0 Å². The molecule has 1 amide bonds. The van der Waals surface area contributed by atoms with Gasteiger partial charge in [0.25, 0.3) is 11.5 Å². The Balaban J connectivity index is 1.74. The van der Waals surface area contributed by atoms with Gasteiger partial charge >= 0.3 is 0 Å². The number of amides is 1. The Morgan fingerprint density at radius 2 is 1.93 bits per heavy atom. The average molecular weight is 408 g/mol. The van der Waals surface area contributed by atoms with Gasteiger partial charge in [0.1, 0.15) is 17.6 Å². The zero-order chi connectivity index (χ0) is 21.1. The third-order valence-corrected chi connectivity index (χ3v) is 5.29. The first-order chi connectivity index (χ1) is 14.6. The number of methoxy groups -OCH3 is 2. The molecule has 0 unspecified atom stereocenters. The molecule has 4 rings (SSSR count). The first-order valence-electron chi connectivity index (χ1n) is 9.86. The molecule has 1 fully saturated rings. The van der Waals surface area contributed by atoms with Crippen molar-refractivity contribution in [2.24, 2.45) is 0 Å². The van der Waals surface area contributed by atoms with Gasteiger partial charge in [-0.15, -0.1) is 0 Å². The van der Waals surface area contributed by atoms with Crippen LogP contribution < -0.4 is 19.9 Å². The van der Waals surface area contributed by atoms with E-state index < -0.39 is 6.10 Å². The molecule has 7 nitrogen and oxygen atoms in total. The molecule has 1 saturated heterocycles. The molecule has 3 aromatic rings. The van der Waals surface area contributed by atoms with Crippen LogP contribution in [-0.4, -0.2) is 37.8 Å². The maximum Gasteiger partial charge on any atom is 0.256 e. The fourth-order valence-corrected chi connectivity index (χ4v) is 3.67. The second kappa shape index (κ2) is 8.59. The van der Waals surface area contributed by atoms with Crippen molar-refractivity contribution >= 4 is 22.5 Å². The van der Waals surface area contributed by atoms with Crippen molar-refractivity contribution in [1.82, 2.24) is 4.98 Å². The fourth-order valence-electron chi connectivity index (χ4n) is 3.67. The minimum absolute atomic E-state index is 0.119. The lowest BCUT2D eigenvalue weighted by atomic mass is 10.1. The maximum absolute atomic E-state index is 13.3. The topological polar surface area (TPSA) is 80.9 Å². The third kappa shape index (κ3) is 4.02. The molecule has 1 aliphatic rings. The Morgan fingerprint density at radius 3 is 2.67 bits per heavy atom. The molecular weight excluding hydrogens is 384 g/mol. The Hall–Kier alpha value is -3.32. The van der Waals surface area contributed by atoms with E-state index >= 15 is 0 Å². The normalized spacial score (nSPS) is 15.9. The van der Waals surface area contributed by atoms with E-state index in [0.717, 1.165) is 11.8 Å². The minimum atomic E-state index is -0.504. The highest BCUT2D eigenvalue weighted by Gasteiger charge is 2.30. The number of ether oxygens (including phenoxy) is 3. The smallest absolute Gasteiger partial charge is 0.256 e. The van der Waals surface area contributed by atoms with Gasteiger partial charge in [-0.2, -0.15) is 0 Å². The number of H-pyrrole nitrogens is 1. The molecule has 0 radical (unpaired) electrons. The Labute approximate surface area is 174 Å². The standard InChI is InChI=1S/C23H24N2O5/c1-28-18-6-3-5-17(13-18)25(23(27)21-7-4-10-30-21)14-16-11-15-12-19(29-2)8-9-20(15)24-22(16)26/h3,5-6,8-9,11-13,21H,4,7,10,14H2,1-2H3,(H,24,26)/t21-/m1/s1. The number of nitrogens with one attached hydrogen (secondary N) is 1. The van der Waals surface area contributed by atoms with Crippen molar-refractivity contribution in [3.05, 3.63) is 64.4 Å². The number of hydrogen-bond donors (Lipinski definition) is 1. The van der Waals surface area contributed by atoms with E-state index in [4.69, 9.17) is 14.2 Å². The van der Waals surface area contributed by atoms with Crippen LogP contribution in [0.4, 0.5) is 5.69 Å². The molecule has 0 aliphatic carbocycles. The summed E-state index contributed by atoms with van der Waals surface area (Å²) in [6, 6.07) is 14.5. The molecular formula is C23H24N2O5. The van der Waals surface area contributed by atoms with Gasteiger partial charge < -0.3 is 24.1 Å². The summed E-state index contributed by atoms with van der Waals surface area (Å²) in [4.78, 5) is 30.5. The number of aromatic nitrogens is 1. The highest BCUT2D eigenvalue weighted by molar-refractivity contribution is 5.97. The van der Waals surface area contributed by atoms with E-state index in [1.807, 2.05) is 24.3 Å². The van der Waals surface area contributed by atoms with E-state index in [-0.39, 0.29) is 18.0 Å². The zero-order valence-corrected chi connectivity index (χ0v) is 17.0. The van der Waals surface area contributed by atoms with Crippen molar-refractivity contribution in [3.8, 4) is 11.5 Å². The number of rotatable bonds is 6. The van der Waals surface area contributed by atoms with Crippen LogP contribution in [-0.2, 0) is 16.1 Å². The zero-order valence-electron chi connectivity index (χ0n) is 17.0. The molecule has 1 aromatic heterocycles. The minimum Gasteiger partial charge on any atom is -0.497 e. The first-order valence-corrected chi connectivity index (χ1v) is 9.86. The van der Waals surface area contributed by atoms with E-state index in [1.54, 1.807) is 43.4 Å². The van der Waals surface area contributed by atoms with Crippen LogP contribution in [0.1, 0.15) is 18.4 Å². The Bertz CT molecular complexity index is 1120. The second-order valence-corrected chi connectivity index (χ2v) is 7.20. The van der Waals surface area contributed by atoms with Gasteiger partial charge in [0.2, 0.25) is 0 Å². The lowest BCUT2D eigenvalue weighted by Crippen LogP contribution is -2.39. The number of pyridine rings is 1. The van der Waals surface area contributed by atoms with E-state index in [9.17, 15) is 9.59 Å². The van der Waals surface area contributed by atoms with Gasteiger partial charge in [0.15, 0.2) is 0 Å². The van der Waals surface area contributed by atoms with Crippen LogP contribution in [0.5, 0.6) is 11.5 Å². The lowest BCUT2D eigenvalue weighted by molar-refractivity contribution is -0.127. The highest BCUT2D eigenvalue weighted by Crippen LogP contribution is 2.26. The molecule has 1 atom stereocenters. The first kappa shape index (κ1) is 20.0. The number of nitrogens with zero attached hydrogens (tertiary/aromatic N) is 1. The van der Waals surface area contributed by atoms with Crippen LogP contribution in [0, 0.1) is 0 Å². The molecule has 0 saturated carbocycles. The van der Waals surface area contributed by atoms with Gasteiger partial charge in [0, 0.05) is 34.8 Å². The summed E-state index contributed by atoms with van der Waals surface area (Å²) in [7, 11) is 3.17. The number of benzene rings is 2. The maximum atomic E-state index is 13.3. The van der Waals surface area contributed by atoms with Crippen LogP contribution in [0.25, 0.3) is 10.9 Å². The molecule has 0 bridgehead atoms. The van der Waals surface area contributed by atoms with Crippen LogP contribution in [0.3, 0.4) is 0 Å². The monoisotopic (exact) mass is 408 g/mol. The lowest BCUT2D eigenvalue weighted by Gasteiger charge is -2.25. The van der Waals surface area contributed by atoms with Gasteiger partial charge in [0.05, 0.1) is 20.8 Å². The molecule has 7 heteroatoms. The molecule has 0 spiro atoms. The largest absolute Gasteiger partial charge is 0.497 e. The summed E-state index contributed by atoms with van der Waals surface area (Å²) >= 11 is 0. The number of anilines is 1. The summed E-state index contributed by atoms with van der Waals surface area (Å²) in [5, 5.41) is 0.833. The SMILES string of the molecule is COc1cccc(N(Cc2cc3cc(OC)ccc3[nH]c2=O)C(=O)[C@H]2CCCO2)c1. The van der Waals surface area contributed by atoms with E-state index in [2.05, 4.69) is 4.98 Å². The number of carbonyl (C=O) groups excluding carboxylic acids is 1. The number of carbonyl (C=O) groups is 1. The summed E-state index contributed by atoms with van der Waals surface area (Å²) in [6.45, 7) is 0.688. The predicted octanol–water partition coefficient (Wildman–Crippen LogP) is 3.26. The van der Waals surface area contributed by atoms with Gasteiger partial charge in [-0.05, 0) is 49.2 Å². The van der Waals surface area contributed by atoms with E-state index in [1.165, 1.54) is 0 Å². The number of hydrogen-bond acceptors (Lipinski definition) is 5. The number of aromatic amines is 1. The molecule has 1 N–H and O–H groups in total. The summed E-state index contributed by atoms with van der Waals surface area (Å²) < 4.78 is 16.2. The highest BCUT2D eigenvalue weighted by atomic mass is 16.5. The van der Waals surface area contributed by atoms with Crippen LogP contribution in [0.2, 0.25) is 0 Å². The fraction of sp³-hybridized carbons (Fsp3) is 0.304. The van der Waals surface area contributed by atoms with Gasteiger partial charge in [-0.25, -0.2) is 0 Å². The summed E-state index contributed by atoms with van der Waals surface area (Å²) in [6.07, 6.45) is 1.01. The van der Waals surface area contributed by atoms with Crippen LogP contribution >= 0.6 is 0 Å². The van der Waals surface area contributed by atoms with Crippen LogP contribution in [0.15, 0.2) is 53.3 Å². The van der Waals surface area contributed by atoms with Crippen molar-refractivity contribution < 1.29 is 19.0 Å². The Kier molecular flexibility index (Phi) is 5.72. The Morgan fingerprint density at radius 1 is 1.13 bits per heavy atom. The predicted molar refractivity (Wildman–Crippen MR) is 114 cm³/mol. The van der Waals surface area contributed by atoms with E-state index in [0.29, 0.717) is 41.3 Å². The van der Waals surface area contributed by atoms with Crippen molar-refractivity contribution in [1.29, 1.82) is 0 Å². The second-order valence-electron chi connectivity index (χ2n) is 7.20. The van der Waals surface area contributed by atoms with Gasteiger partial charge in [-0.3, -0.25) is 9.59 Å². The molecule has 2 heterocycles. The molecule has 156 valence electrons. The summed E-state index contributed by atoms with van der Waals surface area (Å²) in [5.41, 5.74) is 1.61. The molecule has 1 aliphatic heterocycles. The van der Waals surface area contributed by atoms with Gasteiger partial charge in [-0.1, -0.05) is 6.07 Å². The van der Waals surface area contributed by atoms with Crippen molar-refractivity contribution in [2.75, 3.05) is 25.7 Å².